The van der Waals surface area contributed by atoms with Crippen molar-refractivity contribution in [2.75, 3.05) is 14.1 Å². The van der Waals surface area contributed by atoms with Crippen molar-refractivity contribution in [3.63, 3.8) is 0 Å². The highest BCUT2D eigenvalue weighted by atomic mass is 32.2. The molecule has 0 unspecified atom stereocenters. The van der Waals surface area contributed by atoms with Crippen LogP contribution in [0.2, 0.25) is 0 Å². The number of hydrogen-bond acceptors (Lipinski definition) is 7. The van der Waals surface area contributed by atoms with Crippen molar-refractivity contribution < 1.29 is 27.9 Å². The van der Waals surface area contributed by atoms with Gasteiger partial charge >= 0.3 is 0 Å². The standard InChI is InChI=1S/C31H27N3O6S/c1-33(2)41(38,39)26-15-13-22(14-16-26)29(35)27-28(34(31(37)30(27)36)20-21-8-7-17-32-19-21)23-9-6-12-25(18-23)40-24-10-4-3-5-11-24/h3-19,28,35H,20H2,1-2H3/t28-/m1/s1. The van der Waals surface area contributed by atoms with E-state index in [1.807, 2.05) is 18.2 Å². The van der Waals surface area contributed by atoms with Gasteiger partial charge in [0.25, 0.3) is 11.7 Å². The van der Waals surface area contributed by atoms with E-state index in [4.69, 9.17) is 4.74 Å². The predicted octanol–water partition coefficient (Wildman–Crippen LogP) is 4.75. The summed E-state index contributed by atoms with van der Waals surface area (Å²) in [6.45, 7) is 0.0731. The SMILES string of the molecule is CN(C)S(=O)(=O)c1ccc(C(O)=C2C(=O)C(=O)N(Cc3cccnc3)[C@@H]2c2cccc(Oc3ccccc3)c2)cc1. The first-order valence-corrected chi connectivity index (χ1v) is 14.1. The molecule has 0 aliphatic carbocycles. The Hall–Kier alpha value is -4.80. The molecule has 4 aromatic rings. The van der Waals surface area contributed by atoms with Crippen molar-refractivity contribution >= 4 is 27.5 Å². The van der Waals surface area contributed by atoms with E-state index in [1.54, 1.807) is 60.9 Å². The monoisotopic (exact) mass is 569 g/mol. The first-order valence-electron chi connectivity index (χ1n) is 12.7. The average molecular weight is 570 g/mol. The van der Waals surface area contributed by atoms with Crippen LogP contribution in [0.4, 0.5) is 0 Å². The number of aromatic nitrogens is 1. The maximum atomic E-state index is 13.4. The Morgan fingerprint density at radius 2 is 1.63 bits per heavy atom. The second-order valence-electron chi connectivity index (χ2n) is 9.59. The number of hydrogen-bond donors (Lipinski definition) is 1. The minimum atomic E-state index is -3.70. The first kappa shape index (κ1) is 27.8. The molecule has 41 heavy (non-hydrogen) atoms. The number of aliphatic hydroxyl groups is 1. The molecule has 9 nitrogen and oxygen atoms in total. The Morgan fingerprint density at radius 3 is 2.29 bits per heavy atom. The highest BCUT2D eigenvalue weighted by Gasteiger charge is 2.46. The lowest BCUT2D eigenvalue weighted by molar-refractivity contribution is -0.140. The van der Waals surface area contributed by atoms with Gasteiger partial charge < -0.3 is 14.7 Å². The van der Waals surface area contributed by atoms with Crippen LogP contribution < -0.4 is 4.74 Å². The number of Topliss-reactive ketones (excluding diaryl/α,β-unsaturated/α-hetero) is 1. The van der Waals surface area contributed by atoms with Gasteiger partial charge in [0.1, 0.15) is 17.3 Å². The number of benzene rings is 3. The van der Waals surface area contributed by atoms with E-state index in [0.29, 0.717) is 22.6 Å². The van der Waals surface area contributed by atoms with Crippen LogP contribution in [0, 0.1) is 0 Å². The highest BCUT2D eigenvalue weighted by molar-refractivity contribution is 7.89. The van der Waals surface area contributed by atoms with Crippen LogP contribution >= 0.6 is 0 Å². The van der Waals surface area contributed by atoms with Crippen LogP contribution in [0.1, 0.15) is 22.7 Å². The fourth-order valence-electron chi connectivity index (χ4n) is 4.60. The van der Waals surface area contributed by atoms with E-state index in [9.17, 15) is 23.1 Å². The van der Waals surface area contributed by atoms with Gasteiger partial charge in [-0.05, 0) is 65.7 Å². The van der Waals surface area contributed by atoms with Crippen LogP contribution in [0.15, 0.2) is 114 Å². The fraction of sp³-hybridized carbons (Fsp3) is 0.129. The second-order valence-corrected chi connectivity index (χ2v) is 11.7. The summed E-state index contributed by atoms with van der Waals surface area (Å²) in [5.74, 6) is -0.941. The molecule has 1 aliphatic rings. The van der Waals surface area contributed by atoms with Crippen molar-refractivity contribution in [2.45, 2.75) is 17.5 Å². The Labute approximate surface area is 238 Å². The van der Waals surface area contributed by atoms with E-state index in [-0.39, 0.29) is 22.6 Å². The van der Waals surface area contributed by atoms with Gasteiger partial charge in [0.15, 0.2) is 0 Å². The lowest BCUT2D eigenvalue weighted by atomic mass is 9.95. The van der Waals surface area contributed by atoms with Crippen molar-refractivity contribution in [3.05, 3.63) is 126 Å². The first-order chi connectivity index (χ1) is 19.7. The molecule has 2 heterocycles. The molecule has 3 aromatic carbocycles. The number of carbonyl (C=O) groups excluding carboxylic acids is 2. The molecule has 10 heteroatoms. The van der Waals surface area contributed by atoms with E-state index in [0.717, 1.165) is 4.31 Å². The molecule has 0 spiro atoms. The summed E-state index contributed by atoms with van der Waals surface area (Å²) >= 11 is 0. The number of carbonyl (C=O) groups is 2. The molecule has 1 aliphatic heterocycles. The molecule has 0 saturated carbocycles. The smallest absolute Gasteiger partial charge is 0.295 e. The maximum Gasteiger partial charge on any atom is 0.295 e. The zero-order valence-corrected chi connectivity index (χ0v) is 23.2. The number of pyridine rings is 1. The minimum Gasteiger partial charge on any atom is -0.507 e. The summed E-state index contributed by atoms with van der Waals surface area (Å²) < 4.78 is 32.1. The fourth-order valence-corrected chi connectivity index (χ4v) is 5.50. The van der Waals surface area contributed by atoms with Crippen molar-refractivity contribution in [1.29, 1.82) is 0 Å². The van der Waals surface area contributed by atoms with Gasteiger partial charge in [0.2, 0.25) is 10.0 Å². The van der Waals surface area contributed by atoms with Crippen molar-refractivity contribution in [2.24, 2.45) is 0 Å². The molecule has 0 radical (unpaired) electrons. The predicted molar refractivity (Wildman–Crippen MR) is 152 cm³/mol. The van der Waals surface area contributed by atoms with Gasteiger partial charge in [0, 0.05) is 38.6 Å². The number of rotatable bonds is 8. The van der Waals surface area contributed by atoms with E-state index >= 15 is 0 Å². The molecular formula is C31H27N3O6S. The van der Waals surface area contributed by atoms with Gasteiger partial charge in [-0.1, -0.05) is 36.4 Å². The van der Waals surface area contributed by atoms with Crippen LogP contribution in [0.3, 0.4) is 0 Å². The van der Waals surface area contributed by atoms with Gasteiger partial charge in [-0.2, -0.15) is 0 Å². The molecule has 1 aromatic heterocycles. The summed E-state index contributed by atoms with van der Waals surface area (Å²) in [5.41, 5.74) is 1.34. The van der Waals surface area contributed by atoms with Gasteiger partial charge in [-0.15, -0.1) is 0 Å². The average Bonchev–Trinajstić information content (AvgIpc) is 3.23. The van der Waals surface area contributed by atoms with Crippen LogP contribution in [0.25, 0.3) is 5.76 Å². The lowest BCUT2D eigenvalue weighted by Gasteiger charge is -2.25. The third-order valence-corrected chi connectivity index (χ3v) is 8.50. The number of ether oxygens (including phenoxy) is 1. The molecule has 1 fully saturated rings. The zero-order chi connectivity index (χ0) is 29.1. The summed E-state index contributed by atoms with van der Waals surface area (Å²) in [7, 11) is -0.861. The topological polar surface area (TPSA) is 117 Å². The molecule has 208 valence electrons. The molecule has 1 atom stereocenters. The summed E-state index contributed by atoms with van der Waals surface area (Å²) in [6.07, 6.45) is 3.22. The van der Waals surface area contributed by atoms with Gasteiger partial charge in [-0.25, -0.2) is 12.7 Å². The quantitative estimate of drug-likeness (QED) is 0.185. The second kappa shape index (κ2) is 11.4. The Balaban J connectivity index is 1.60. The van der Waals surface area contributed by atoms with Gasteiger partial charge in [-0.3, -0.25) is 14.6 Å². The van der Waals surface area contributed by atoms with Crippen molar-refractivity contribution in [1.82, 2.24) is 14.2 Å². The number of likely N-dealkylation sites (tertiary alicyclic amines) is 1. The minimum absolute atomic E-state index is 0.0263. The third-order valence-electron chi connectivity index (χ3n) is 6.67. The molecule has 1 amide bonds. The molecule has 5 rings (SSSR count). The highest BCUT2D eigenvalue weighted by Crippen LogP contribution is 2.41. The number of aliphatic hydroxyl groups excluding tert-OH is 1. The largest absolute Gasteiger partial charge is 0.507 e. The van der Waals surface area contributed by atoms with E-state index in [2.05, 4.69) is 4.98 Å². The Bertz CT molecular complexity index is 1720. The van der Waals surface area contributed by atoms with Gasteiger partial charge in [0.05, 0.1) is 16.5 Å². The number of para-hydroxylation sites is 1. The number of ketones is 1. The molecule has 1 N–H and O–H groups in total. The van der Waals surface area contributed by atoms with Crippen molar-refractivity contribution in [3.8, 4) is 11.5 Å². The zero-order valence-electron chi connectivity index (χ0n) is 22.3. The summed E-state index contributed by atoms with van der Waals surface area (Å²) in [5, 5.41) is 11.4. The Kier molecular flexibility index (Phi) is 7.69. The summed E-state index contributed by atoms with van der Waals surface area (Å²) in [4.78, 5) is 32.3. The molecule has 0 bridgehead atoms. The van der Waals surface area contributed by atoms with E-state index in [1.165, 1.54) is 43.3 Å². The number of nitrogens with zero attached hydrogens (tertiary/aromatic N) is 3. The normalized spacial score (nSPS) is 16.8. The third kappa shape index (κ3) is 5.60. The van der Waals surface area contributed by atoms with Crippen LogP contribution in [0.5, 0.6) is 11.5 Å². The summed E-state index contributed by atoms with van der Waals surface area (Å²) in [6, 6.07) is 24.3. The number of sulfonamides is 1. The maximum absolute atomic E-state index is 13.4. The number of amides is 1. The molecular weight excluding hydrogens is 542 g/mol. The van der Waals surface area contributed by atoms with Crippen LogP contribution in [-0.4, -0.2) is 53.5 Å². The van der Waals surface area contributed by atoms with E-state index < -0.39 is 33.5 Å². The molecule has 1 saturated heterocycles. The lowest BCUT2D eigenvalue weighted by Crippen LogP contribution is -2.29. The Morgan fingerprint density at radius 1 is 0.927 bits per heavy atom. The van der Waals surface area contributed by atoms with Crippen LogP contribution in [-0.2, 0) is 26.2 Å².